The number of hydrogen-bond donors (Lipinski definition) is 6. The van der Waals surface area contributed by atoms with Crippen molar-refractivity contribution in [3.05, 3.63) is 0 Å². The molecule has 4 atom stereocenters. The van der Waals surface area contributed by atoms with Crippen LogP contribution in [-0.4, -0.2) is 71.1 Å². The molecule has 2 rings (SSSR count). The second-order valence-corrected chi connectivity index (χ2v) is 8.65. The van der Waals surface area contributed by atoms with Crippen molar-refractivity contribution in [2.24, 2.45) is 5.73 Å². The van der Waals surface area contributed by atoms with E-state index in [9.17, 15) is 19.2 Å². The minimum Gasteiger partial charge on any atom is -0.480 e. The van der Waals surface area contributed by atoms with Crippen LogP contribution in [0.4, 0.5) is 4.79 Å². The van der Waals surface area contributed by atoms with E-state index in [1.165, 1.54) is 0 Å². The molecule has 4 amide bonds. The summed E-state index contributed by atoms with van der Waals surface area (Å²) < 4.78 is 0. The van der Waals surface area contributed by atoms with Crippen molar-refractivity contribution in [2.75, 3.05) is 18.8 Å². The fourth-order valence-electron chi connectivity index (χ4n) is 3.57. The van der Waals surface area contributed by atoms with Gasteiger partial charge in [-0.05, 0) is 32.1 Å². The molecule has 0 radical (unpaired) electrons. The molecule has 2 aliphatic rings. The Hall–Kier alpha value is -2.01. The Balaban J connectivity index is 1.49. The summed E-state index contributed by atoms with van der Waals surface area (Å²) in [5.74, 6) is -0.656. The van der Waals surface area contributed by atoms with Crippen molar-refractivity contribution >= 4 is 35.6 Å². The van der Waals surface area contributed by atoms with Gasteiger partial charge in [-0.2, -0.15) is 11.8 Å². The van der Waals surface area contributed by atoms with Crippen LogP contribution in [0.15, 0.2) is 0 Å². The molecule has 2 saturated heterocycles. The van der Waals surface area contributed by atoms with Crippen LogP contribution in [0.2, 0.25) is 0 Å². The van der Waals surface area contributed by atoms with Gasteiger partial charge >= 0.3 is 12.0 Å². The molecule has 2 aliphatic heterocycles. The minimum atomic E-state index is -1.09. The summed E-state index contributed by atoms with van der Waals surface area (Å²) in [5.41, 5.74) is 5.17. The maximum absolute atomic E-state index is 11.9. The molecule has 11 heteroatoms. The molecule has 0 bridgehead atoms. The van der Waals surface area contributed by atoms with Gasteiger partial charge < -0.3 is 32.1 Å². The van der Waals surface area contributed by atoms with Crippen LogP contribution in [0, 0.1) is 0 Å². The fourth-order valence-corrected chi connectivity index (χ4v) is 5.12. The summed E-state index contributed by atoms with van der Waals surface area (Å²) in [4.78, 5) is 45.6. The van der Waals surface area contributed by atoms with Crippen molar-refractivity contribution in [1.82, 2.24) is 21.3 Å². The maximum Gasteiger partial charge on any atom is 0.326 e. The quantitative estimate of drug-likeness (QED) is 0.170. The molecule has 29 heavy (non-hydrogen) atoms. The van der Waals surface area contributed by atoms with E-state index in [2.05, 4.69) is 21.3 Å². The van der Waals surface area contributed by atoms with Crippen molar-refractivity contribution < 1.29 is 24.3 Å². The molecule has 0 spiro atoms. The Bertz CT molecular complexity index is 605. The highest BCUT2D eigenvalue weighted by atomic mass is 32.2. The molecule has 164 valence electrons. The normalized spacial score (nSPS) is 23.6. The average Bonchev–Trinajstić information content (AvgIpc) is 3.23. The summed E-state index contributed by atoms with van der Waals surface area (Å²) in [6.45, 7) is 0.238. The summed E-state index contributed by atoms with van der Waals surface area (Å²) in [5, 5.41) is 20.6. The third-order valence-corrected chi connectivity index (χ3v) is 6.65. The lowest BCUT2D eigenvalue weighted by Crippen LogP contribution is -2.43. The zero-order valence-corrected chi connectivity index (χ0v) is 17.3. The standard InChI is InChI=1S/C18H31N5O5S/c19-9-15(25)21-11(17(26)27)5-3-4-8-20-14(24)7-2-1-6-13-16-12(10-29-13)22-18(28)23-16/h11-13,16H,1-10,19H2,(H,20,24)(H,21,25)(H,26,27)(H2,22,23,28)/t11-,12-,13-,16-/m0/s1. The number of fused-ring (bicyclic) bond motifs is 1. The monoisotopic (exact) mass is 429 g/mol. The number of urea groups is 1. The van der Waals surface area contributed by atoms with Crippen molar-refractivity contribution in [3.63, 3.8) is 0 Å². The zero-order valence-electron chi connectivity index (χ0n) is 16.4. The highest BCUT2D eigenvalue weighted by Crippen LogP contribution is 2.33. The number of thioether (sulfide) groups is 1. The van der Waals surface area contributed by atoms with Gasteiger partial charge in [0.25, 0.3) is 0 Å². The number of rotatable bonds is 13. The fraction of sp³-hybridized carbons (Fsp3) is 0.778. The van der Waals surface area contributed by atoms with Crippen LogP contribution in [-0.2, 0) is 14.4 Å². The molecular weight excluding hydrogens is 398 g/mol. The van der Waals surface area contributed by atoms with E-state index < -0.39 is 17.9 Å². The highest BCUT2D eigenvalue weighted by molar-refractivity contribution is 8.00. The molecule has 0 unspecified atom stereocenters. The first kappa shape index (κ1) is 23.3. The third kappa shape index (κ3) is 7.73. The van der Waals surface area contributed by atoms with E-state index in [4.69, 9.17) is 10.8 Å². The first-order valence-corrected chi connectivity index (χ1v) is 11.1. The lowest BCUT2D eigenvalue weighted by atomic mass is 10.0. The number of amides is 4. The van der Waals surface area contributed by atoms with E-state index >= 15 is 0 Å². The number of aliphatic carboxylic acids is 1. The predicted molar refractivity (Wildman–Crippen MR) is 109 cm³/mol. The minimum absolute atomic E-state index is 0.0102. The van der Waals surface area contributed by atoms with Gasteiger partial charge in [0.1, 0.15) is 6.04 Å². The van der Waals surface area contributed by atoms with Gasteiger partial charge in [0.15, 0.2) is 0 Å². The number of carboxylic acids is 1. The zero-order chi connectivity index (χ0) is 21.2. The van der Waals surface area contributed by atoms with Gasteiger partial charge in [-0.3, -0.25) is 9.59 Å². The summed E-state index contributed by atoms with van der Waals surface area (Å²) >= 11 is 1.87. The van der Waals surface area contributed by atoms with Crippen LogP contribution in [0.25, 0.3) is 0 Å². The molecule has 0 aromatic heterocycles. The maximum atomic E-state index is 11.9. The molecule has 0 aromatic rings. The predicted octanol–water partition coefficient (Wildman–Crippen LogP) is -0.473. The van der Waals surface area contributed by atoms with Gasteiger partial charge in [0, 0.05) is 24.0 Å². The molecule has 2 heterocycles. The summed E-state index contributed by atoms with van der Waals surface area (Å²) in [6, 6.07) is -0.605. The first-order valence-electron chi connectivity index (χ1n) is 10.1. The largest absolute Gasteiger partial charge is 0.480 e. The molecule has 10 nitrogen and oxygen atoms in total. The van der Waals surface area contributed by atoms with Crippen LogP contribution in [0.3, 0.4) is 0 Å². The van der Waals surface area contributed by atoms with Crippen molar-refractivity contribution in [3.8, 4) is 0 Å². The van der Waals surface area contributed by atoms with E-state index in [-0.39, 0.29) is 30.6 Å². The lowest BCUT2D eigenvalue weighted by Gasteiger charge is -2.16. The number of carboxylic acid groups (broad SMARTS) is 1. The van der Waals surface area contributed by atoms with Crippen LogP contribution in [0.5, 0.6) is 0 Å². The molecule has 0 aliphatic carbocycles. The molecule has 7 N–H and O–H groups in total. The van der Waals surface area contributed by atoms with Crippen LogP contribution >= 0.6 is 11.8 Å². The lowest BCUT2D eigenvalue weighted by molar-refractivity contribution is -0.141. The third-order valence-electron chi connectivity index (χ3n) is 5.14. The molecule has 0 saturated carbocycles. The van der Waals surface area contributed by atoms with Crippen LogP contribution < -0.4 is 27.0 Å². The van der Waals surface area contributed by atoms with Gasteiger partial charge in [-0.15, -0.1) is 0 Å². The van der Waals surface area contributed by atoms with Crippen LogP contribution in [0.1, 0.15) is 44.9 Å². The Kier molecular flexibility index (Phi) is 9.52. The molecule has 0 aromatic carbocycles. The van der Waals surface area contributed by atoms with Crippen molar-refractivity contribution in [1.29, 1.82) is 0 Å². The van der Waals surface area contributed by atoms with Crippen molar-refractivity contribution in [2.45, 2.75) is 68.3 Å². The second-order valence-electron chi connectivity index (χ2n) is 7.38. The Morgan fingerprint density at radius 3 is 2.69 bits per heavy atom. The topological polar surface area (TPSA) is 163 Å². The van der Waals surface area contributed by atoms with E-state index in [1.807, 2.05) is 11.8 Å². The Labute approximate surface area is 174 Å². The van der Waals surface area contributed by atoms with E-state index in [0.29, 0.717) is 37.5 Å². The molecular formula is C18H31N5O5S. The van der Waals surface area contributed by atoms with Gasteiger partial charge in [0.2, 0.25) is 11.8 Å². The van der Waals surface area contributed by atoms with E-state index in [0.717, 1.165) is 25.0 Å². The van der Waals surface area contributed by atoms with Gasteiger partial charge in [-0.1, -0.05) is 6.42 Å². The second kappa shape index (κ2) is 11.9. The molecule has 2 fully saturated rings. The number of nitrogens with one attached hydrogen (secondary N) is 4. The first-order chi connectivity index (χ1) is 13.9. The number of nitrogens with two attached hydrogens (primary N) is 1. The smallest absolute Gasteiger partial charge is 0.326 e. The number of carbonyl (C=O) groups excluding carboxylic acids is 3. The Morgan fingerprint density at radius 1 is 1.17 bits per heavy atom. The summed E-state index contributed by atoms with van der Waals surface area (Å²) in [7, 11) is 0. The van der Waals surface area contributed by atoms with Gasteiger partial charge in [0.05, 0.1) is 18.6 Å². The van der Waals surface area contributed by atoms with Gasteiger partial charge in [-0.25, -0.2) is 9.59 Å². The average molecular weight is 430 g/mol. The SMILES string of the molecule is NCC(=O)N[C@@H](CCCCNC(=O)CCCC[C@@H]1SC[C@@H]2NC(=O)N[C@@H]21)C(=O)O. The summed E-state index contributed by atoms with van der Waals surface area (Å²) in [6.07, 6.45) is 4.68. The number of hydrogen-bond acceptors (Lipinski definition) is 6. The number of carbonyl (C=O) groups is 4. The number of unbranched alkanes of at least 4 members (excludes halogenated alkanes) is 2. The highest BCUT2D eigenvalue weighted by Gasteiger charge is 2.42. The van der Waals surface area contributed by atoms with E-state index in [1.54, 1.807) is 0 Å². The Morgan fingerprint density at radius 2 is 1.97 bits per heavy atom.